The number of carbonyl (C=O) groups excluding carboxylic acids is 1. The fourth-order valence-corrected chi connectivity index (χ4v) is 3.28. The normalized spacial score (nSPS) is 17.5. The Morgan fingerprint density at radius 3 is 2.58 bits per heavy atom. The molecule has 5 nitrogen and oxygen atoms in total. The van der Waals surface area contributed by atoms with E-state index in [2.05, 4.69) is 30.4 Å². The summed E-state index contributed by atoms with van der Waals surface area (Å²) in [5.74, 6) is 1.10. The van der Waals surface area contributed by atoms with Gasteiger partial charge in [-0.05, 0) is 55.9 Å². The number of aromatic nitrogens is 1. The number of hydrogen-bond donors (Lipinski definition) is 1. The zero-order valence-corrected chi connectivity index (χ0v) is 14.8. The molecule has 1 aromatic heterocycles. The van der Waals surface area contributed by atoms with Gasteiger partial charge in [0.2, 0.25) is 0 Å². The molecule has 0 bridgehead atoms. The van der Waals surface area contributed by atoms with Crippen LogP contribution in [0.2, 0.25) is 0 Å². The van der Waals surface area contributed by atoms with Gasteiger partial charge in [-0.2, -0.15) is 0 Å². The number of rotatable bonds is 3. The summed E-state index contributed by atoms with van der Waals surface area (Å²) in [6.45, 7) is 8.97. The van der Waals surface area contributed by atoms with Crippen molar-refractivity contribution in [3.63, 3.8) is 0 Å². The number of benzene rings is 1. The number of nitrogens with zero attached hydrogens (tertiary/aromatic N) is 2. The molecular weight excluding hydrogens is 302 g/mol. The van der Waals surface area contributed by atoms with Crippen LogP contribution in [0, 0.1) is 13.8 Å². The Kier molecular flexibility index (Phi) is 4.60. The largest absolute Gasteiger partial charge is 0.359 e. The van der Waals surface area contributed by atoms with Crippen LogP contribution in [0.25, 0.3) is 0 Å². The number of aryl methyl sites for hydroxylation is 2. The number of anilines is 1. The third kappa shape index (κ3) is 3.45. The number of urea groups is 1. The highest BCUT2D eigenvalue weighted by Gasteiger charge is 2.33. The summed E-state index contributed by atoms with van der Waals surface area (Å²) < 4.78 is 5.51. The monoisotopic (exact) mass is 327 g/mol. The van der Waals surface area contributed by atoms with E-state index >= 15 is 0 Å². The smallest absolute Gasteiger partial charge is 0.322 e. The van der Waals surface area contributed by atoms with Crippen LogP contribution in [0.3, 0.4) is 0 Å². The maximum Gasteiger partial charge on any atom is 0.322 e. The van der Waals surface area contributed by atoms with Gasteiger partial charge in [-0.15, -0.1) is 0 Å². The van der Waals surface area contributed by atoms with Crippen LogP contribution in [0.4, 0.5) is 10.5 Å². The van der Waals surface area contributed by atoms with Crippen molar-refractivity contribution in [3.8, 4) is 0 Å². The molecule has 24 heavy (non-hydrogen) atoms. The van der Waals surface area contributed by atoms with E-state index in [1.165, 1.54) is 0 Å². The fourth-order valence-electron chi connectivity index (χ4n) is 3.28. The number of amides is 2. The quantitative estimate of drug-likeness (QED) is 0.882. The van der Waals surface area contributed by atoms with Crippen LogP contribution in [-0.4, -0.2) is 22.6 Å². The van der Waals surface area contributed by atoms with E-state index in [1.807, 2.05) is 36.9 Å². The number of hydrogen-bond acceptors (Lipinski definition) is 3. The van der Waals surface area contributed by atoms with Gasteiger partial charge < -0.3 is 14.7 Å². The maximum atomic E-state index is 12.7. The first-order valence-corrected chi connectivity index (χ1v) is 8.56. The predicted molar refractivity (Wildman–Crippen MR) is 94.2 cm³/mol. The third-order valence-corrected chi connectivity index (χ3v) is 4.45. The Balaban J connectivity index is 1.75. The first-order chi connectivity index (χ1) is 11.4. The molecule has 1 N–H and O–H groups in total. The molecule has 0 aliphatic carbocycles. The van der Waals surface area contributed by atoms with Crippen molar-refractivity contribution in [2.45, 2.75) is 52.5 Å². The van der Waals surface area contributed by atoms with Crippen LogP contribution in [-0.2, 0) is 0 Å². The van der Waals surface area contributed by atoms with Gasteiger partial charge in [-0.25, -0.2) is 4.79 Å². The van der Waals surface area contributed by atoms with Crippen LogP contribution in [0.1, 0.15) is 61.2 Å². The molecule has 5 heteroatoms. The van der Waals surface area contributed by atoms with E-state index in [9.17, 15) is 4.79 Å². The summed E-state index contributed by atoms with van der Waals surface area (Å²) in [5.41, 5.74) is 4.05. The third-order valence-electron chi connectivity index (χ3n) is 4.45. The standard InChI is InChI=1S/C19H25N3O2/c1-12(2)16-11-18(24-21-16)17-6-5-7-22(17)19(23)20-15-9-13(3)8-14(4)10-15/h8-12,17H,5-7H2,1-4H3,(H,20,23)/t17-/m1/s1. The Hall–Kier alpha value is -2.30. The van der Waals surface area contributed by atoms with Gasteiger partial charge in [0.15, 0.2) is 5.76 Å². The summed E-state index contributed by atoms with van der Waals surface area (Å²) in [4.78, 5) is 14.6. The Morgan fingerprint density at radius 1 is 1.25 bits per heavy atom. The van der Waals surface area contributed by atoms with Gasteiger partial charge in [-0.3, -0.25) is 0 Å². The zero-order chi connectivity index (χ0) is 17.3. The summed E-state index contributed by atoms with van der Waals surface area (Å²) >= 11 is 0. The second-order valence-corrected chi connectivity index (χ2v) is 6.97. The number of likely N-dealkylation sites (tertiary alicyclic amines) is 1. The molecule has 0 saturated carbocycles. The predicted octanol–water partition coefficient (Wildman–Crippen LogP) is 4.78. The lowest BCUT2D eigenvalue weighted by Crippen LogP contribution is -2.34. The Morgan fingerprint density at radius 2 is 1.96 bits per heavy atom. The minimum absolute atomic E-state index is 0.0316. The second-order valence-electron chi connectivity index (χ2n) is 6.97. The van der Waals surface area contributed by atoms with Crippen LogP contribution in [0.5, 0.6) is 0 Å². The van der Waals surface area contributed by atoms with E-state index in [0.29, 0.717) is 5.92 Å². The van der Waals surface area contributed by atoms with Crippen LogP contribution >= 0.6 is 0 Å². The lowest BCUT2D eigenvalue weighted by Gasteiger charge is -2.23. The van der Waals surface area contributed by atoms with Crippen molar-refractivity contribution in [3.05, 3.63) is 46.8 Å². The minimum atomic E-state index is -0.0787. The molecular formula is C19H25N3O2. The average Bonchev–Trinajstić information content (AvgIpc) is 3.15. The Bertz CT molecular complexity index is 716. The van der Waals surface area contributed by atoms with Crippen molar-refractivity contribution in [2.75, 3.05) is 11.9 Å². The number of carbonyl (C=O) groups is 1. The van der Waals surface area contributed by atoms with Gasteiger partial charge >= 0.3 is 6.03 Å². The SMILES string of the molecule is Cc1cc(C)cc(NC(=O)N2CCC[C@@H]2c2cc(C(C)C)no2)c1. The minimum Gasteiger partial charge on any atom is -0.359 e. The molecule has 2 amide bonds. The fraction of sp³-hybridized carbons (Fsp3) is 0.474. The molecule has 3 rings (SSSR count). The average molecular weight is 327 g/mol. The second kappa shape index (κ2) is 6.67. The molecule has 2 heterocycles. The zero-order valence-electron chi connectivity index (χ0n) is 14.8. The van der Waals surface area contributed by atoms with E-state index in [0.717, 1.165) is 47.7 Å². The lowest BCUT2D eigenvalue weighted by molar-refractivity contribution is 0.195. The first kappa shape index (κ1) is 16.6. The molecule has 0 unspecified atom stereocenters. The van der Waals surface area contributed by atoms with E-state index in [4.69, 9.17) is 4.52 Å². The van der Waals surface area contributed by atoms with E-state index < -0.39 is 0 Å². The summed E-state index contributed by atoms with van der Waals surface area (Å²) in [7, 11) is 0. The lowest BCUT2D eigenvalue weighted by atomic mass is 10.1. The van der Waals surface area contributed by atoms with Gasteiger partial charge in [-0.1, -0.05) is 25.1 Å². The first-order valence-electron chi connectivity index (χ1n) is 8.56. The highest BCUT2D eigenvalue weighted by molar-refractivity contribution is 5.90. The topological polar surface area (TPSA) is 58.4 Å². The highest BCUT2D eigenvalue weighted by Crippen LogP contribution is 2.33. The molecule has 0 radical (unpaired) electrons. The van der Waals surface area contributed by atoms with Crippen LogP contribution < -0.4 is 5.32 Å². The Labute approximate surface area is 143 Å². The van der Waals surface area contributed by atoms with Gasteiger partial charge in [0.1, 0.15) is 0 Å². The molecule has 0 spiro atoms. The van der Waals surface area contributed by atoms with Crippen molar-refractivity contribution in [2.24, 2.45) is 0 Å². The van der Waals surface area contributed by atoms with Crippen molar-refractivity contribution in [1.29, 1.82) is 0 Å². The summed E-state index contributed by atoms with van der Waals surface area (Å²) in [5, 5.41) is 7.15. The van der Waals surface area contributed by atoms with E-state index in [1.54, 1.807) is 0 Å². The highest BCUT2D eigenvalue weighted by atomic mass is 16.5. The molecule has 1 aromatic carbocycles. The van der Waals surface area contributed by atoms with Gasteiger partial charge in [0.05, 0.1) is 11.7 Å². The van der Waals surface area contributed by atoms with E-state index in [-0.39, 0.29) is 12.1 Å². The molecule has 1 atom stereocenters. The van der Waals surface area contributed by atoms with Crippen molar-refractivity contribution >= 4 is 11.7 Å². The van der Waals surface area contributed by atoms with Gasteiger partial charge in [0, 0.05) is 18.3 Å². The van der Waals surface area contributed by atoms with Crippen LogP contribution in [0.15, 0.2) is 28.8 Å². The maximum absolute atomic E-state index is 12.7. The summed E-state index contributed by atoms with van der Waals surface area (Å²) in [6.07, 6.45) is 1.88. The summed E-state index contributed by atoms with van der Waals surface area (Å²) in [6, 6.07) is 7.94. The molecule has 1 fully saturated rings. The molecule has 2 aromatic rings. The molecule has 128 valence electrons. The van der Waals surface area contributed by atoms with Crippen molar-refractivity contribution in [1.82, 2.24) is 10.1 Å². The molecule has 1 saturated heterocycles. The molecule has 1 aliphatic rings. The molecule has 1 aliphatic heterocycles. The van der Waals surface area contributed by atoms with Crippen molar-refractivity contribution < 1.29 is 9.32 Å². The van der Waals surface area contributed by atoms with Gasteiger partial charge in [0.25, 0.3) is 0 Å². The number of nitrogens with one attached hydrogen (secondary N) is 1.